The number of nitrogens with zero attached hydrogens (tertiary/aromatic N) is 6. The summed E-state index contributed by atoms with van der Waals surface area (Å²) >= 11 is 0. The number of halogens is 2. The van der Waals surface area contributed by atoms with E-state index in [9.17, 15) is 22.0 Å². The predicted octanol–water partition coefficient (Wildman–Crippen LogP) is 1.02. The molecule has 0 aliphatic carbocycles. The molecule has 162 valence electrons. The standard InChI is InChI=1S/C19H18F2N6O3S/c20-16-2-1-3-17(21)19(16)31(29,30)26-10-8-25(9-11-26)18(28)12-14-4-6-15(7-5-14)27-13-22-23-24-27/h1-7,13H,8-12H2. The van der Waals surface area contributed by atoms with Crippen LogP contribution in [0.4, 0.5) is 8.78 Å². The van der Waals surface area contributed by atoms with Crippen molar-refractivity contribution in [1.82, 2.24) is 29.4 Å². The Hall–Kier alpha value is -3.25. The number of sulfonamides is 1. The van der Waals surface area contributed by atoms with Gasteiger partial charge in [-0.05, 0) is 40.3 Å². The van der Waals surface area contributed by atoms with E-state index in [0.717, 1.165) is 33.8 Å². The van der Waals surface area contributed by atoms with Gasteiger partial charge in [-0.15, -0.1) is 5.10 Å². The fourth-order valence-electron chi connectivity index (χ4n) is 3.37. The summed E-state index contributed by atoms with van der Waals surface area (Å²) in [5.74, 6) is -2.43. The molecule has 2 heterocycles. The third kappa shape index (κ3) is 4.30. The third-order valence-corrected chi connectivity index (χ3v) is 6.96. The summed E-state index contributed by atoms with van der Waals surface area (Å²) < 4.78 is 55.7. The monoisotopic (exact) mass is 448 g/mol. The van der Waals surface area contributed by atoms with Crippen molar-refractivity contribution in [1.29, 1.82) is 0 Å². The second-order valence-electron chi connectivity index (χ2n) is 6.93. The highest BCUT2D eigenvalue weighted by Gasteiger charge is 2.34. The minimum atomic E-state index is -4.33. The van der Waals surface area contributed by atoms with Crippen molar-refractivity contribution in [2.45, 2.75) is 11.3 Å². The molecule has 1 aromatic heterocycles. The van der Waals surface area contributed by atoms with Crippen LogP contribution < -0.4 is 0 Å². The number of hydrogen-bond donors (Lipinski definition) is 0. The lowest BCUT2D eigenvalue weighted by molar-refractivity contribution is -0.131. The van der Waals surface area contributed by atoms with E-state index in [4.69, 9.17) is 0 Å². The number of tetrazole rings is 1. The van der Waals surface area contributed by atoms with Crippen molar-refractivity contribution < 1.29 is 22.0 Å². The first kappa shape index (κ1) is 21.0. The predicted molar refractivity (Wildman–Crippen MR) is 105 cm³/mol. The van der Waals surface area contributed by atoms with Crippen molar-refractivity contribution in [3.8, 4) is 5.69 Å². The van der Waals surface area contributed by atoms with Crippen molar-refractivity contribution in [3.63, 3.8) is 0 Å². The Bertz CT molecular complexity index is 1160. The number of amides is 1. The first-order valence-electron chi connectivity index (χ1n) is 9.40. The lowest BCUT2D eigenvalue weighted by atomic mass is 10.1. The number of rotatable bonds is 5. The average molecular weight is 448 g/mol. The molecule has 12 heteroatoms. The van der Waals surface area contributed by atoms with Crippen molar-refractivity contribution in [2.75, 3.05) is 26.2 Å². The van der Waals surface area contributed by atoms with E-state index >= 15 is 0 Å². The molecule has 0 saturated carbocycles. The molecule has 0 radical (unpaired) electrons. The molecule has 0 spiro atoms. The van der Waals surface area contributed by atoms with Crippen LogP contribution in [0, 0.1) is 11.6 Å². The molecule has 1 aliphatic heterocycles. The van der Waals surface area contributed by atoms with Crippen LogP contribution in [0.1, 0.15) is 5.56 Å². The van der Waals surface area contributed by atoms with Crippen LogP contribution in [0.5, 0.6) is 0 Å². The van der Waals surface area contributed by atoms with Gasteiger partial charge in [-0.3, -0.25) is 4.79 Å². The van der Waals surface area contributed by atoms with E-state index in [1.807, 2.05) is 0 Å². The number of aromatic nitrogens is 4. The van der Waals surface area contributed by atoms with E-state index in [2.05, 4.69) is 15.5 Å². The molecular weight excluding hydrogens is 430 g/mol. The molecule has 3 aromatic rings. The van der Waals surface area contributed by atoms with Gasteiger partial charge in [0.1, 0.15) is 18.0 Å². The summed E-state index contributed by atoms with van der Waals surface area (Å²) in [6.07, 6.45) is 1.60. The number of benzene rings is 2. The normalized spacial score (nSPS) is 15.2. The van der Waals surface area contributed by atoms with Crippen LogP contribution >= 0.6 is 0 Å². The highest BCUT2D eigenvalue weighted by atomic mass is 32.2. The summed E-state index contributed by atoms with van der Waals surface area (Å²) in [5, 5.41) is 10.9. The summed E-state index contributed by atoms with van der Waals surface area (Å²) in [6, 6.07) is 10.1. The van der Waals surface area contributed by atoms with Crippen molar-refractivity contribution >= 4 is 15.9 Å². The number of hydrogen-bond acceptors (Lipinski definition) is 6. The molecule has 4 rings (SSSR count). The van der Waals surface area contributed by atoms with Gasteiger partial charge in [0.15, 0.2) is 4.90 Å². The van der Waals surface area contributed by atoms with Crippen LogP contribution in [0.15, 0.2) is 53.7 Å². The number of carbonyl (C=O) groups excluding carboxylic acids is 1. The molecular formula is C19H18F2N6O3S. The Morgan fingerprint density at radius 1 is 0.968 bits per heavy atom. The lowest BCUT2D eigenvalue weighted by Crippen LogP contribution is -2.51. The van der Waals surface area contributed by atoms with Crippen molar-refractivity contribution in [3.05, 3.63) is 66.0 Å². The van der Waals surface area contributed by atoms with Crippen molar-refractivity contribution in [2.24, 2.45) is 0 Å². The zero-order valence-corrected chi connectivity index (χ0v) is 17.0. The topological polar surface area (TPSA) is 101 Å². The van der Waals surface area contributed by atoms with Gasteiger partial charge in [-0.2, -0.15) is 4.31 Å². The molecule has 1 fully saturated rings. The fraction of sp³-hybridized carbons (Fsp3) is 0.263. The second kappa shape index (κ2) is 8.47. The van der Waals surface area contributed by atoms with Gasteiger partial charge in [0.2, 0.25) is 15.9 Å². The first-order valence-corrected chi connectivity index (χ1v) is 10.8. The maximum atomic E-state index is 13.9. The molecule has 0 atom stereocenters. The second-order valence-corrected chi connectivity index (χ2v) is 8.81. The zero-order valence-electron chi connectivity index (χ0n) is 16.2. The summed E-state index contributed by atoms with van der Waals surface area (Å²) in [6.45, 7) is 0.188. The Balaban J connectivity index is 1.38. The fourth-order valence-corrected chi connectivity index (χ4v) is 4.90. The van der Waals surface area contributed by atoms with Gasteiger partial charge >= 0.3 is 0 Å². The molecule has 1 amide bonds. The molecule has 2 aromatic carbocycles. The molecule has 9 nitrogen and oxygen atoms in total. The SMILES string of the molecule is O=C(Cc1ccc(-n2cnnn2)cc1)N1CCN(S(=O)(=O)c2c(F)cccc2F)CC1. The van der Waals surface area contributed by atoms with Crippen LogP contribution in [0.2, 0.25) is 0 Å². The van der Waals surface area contributed by atoms with Gasteiger partial charge in [0.25, 0.3) is 0 Å². The maximum absolute atomic E-state index is 13.9. The van der Waals surface area contributed by atoms with Gasteiger partial charge in [0.05, 0.1) is 12.1 Å². The highest BCUT2D eigenvalue weighted by molar-refractivity contribution is 7.89. The molecule has 0 unspecified atom stereocenters. The largest absolute Gasteiger partial charge is 0.340 e. The van der Waals surface area contributed by atoms with E-state index in [1.54, 1.807) is 29.2 Å². The third-order valence-electron chi connectivity index (χ3n) is 5.01. The Labute approximate surface area is 176 Å². The molecule has 1 aliphatic rings. The molecule has 1 saturated heterocycles. The minimum Gasteiger partial charge on any atom is -0.340 e. The minimum absolute atomic E-state index is 0.0416. The molecule has 0 N–H and O–H groups in total. The van der Waals surface area contributed by atoms with Gasteiger partial charge in [0, 0.05) is 26.2 Å². The van der Waals surface area contributed by atoms with E-state index < -0.39 is 26.6 Å². The van der Waals surface area contributed by atoms with Gasteiger partial charge in [-0.1, -0.05) is 18.2 Å². The van der Waals surface area contributed by atoms with Gasteiger partial charge in [-0.25, -0.2) is 21.9 Å². The van der Waals surface area contributed by atoms with E-state index in [0.29, 0.717) is 0 Å². The Morgan fingerprint density at radius 3 is 2.19 bits per heavy atom. The van der Waals surface area contributed by atoms with Crippen LogP contribution in [-0.4, -0.2) is 69.9 Å². The Morgan fingerprint density at radius 2 is 1.61 bits per heavy atom. The van der Waals surface area contributed by atoms with Crippen LogP contribution in [0.25, 0.3) is 5.69 Å². The Kier molecular flexibility index (Phi) is 5.74. The lowest BCUT2D eigenvalue weighted by Gasteiger charge is -2.34. The smallest absolute Gasteiger partial charge is 0.249 e. The number of piperazine rings is 1. The summed E-state index contributed by atoms with van der Waals surface area (Å²) in [7, 11) is -4.33. The zero-order chi connectivity index (χ0) is 22.0. The summed E-state index contributed by atoms with van der Waals surface area (Å²) in [5.41, 5.74) is 1.53. The van der Waals surface area contributed by atoms with Gasteiger partial charge < -0.3 is 4.90 Å². The quantitative estimate of drug-likeness (QED) is 0.578. The van der Waals surface area contributed by atoms with Crippen LogP contribution in [-0.2, 0) is 21.2 Å². The molecule has 31 heavy (non-hydrogen) atoms. The van der Waals surface area contributed by atoms with Crippen LogP contribution in [0.3, 0.4) is 0 Å². The summed E-state index contributed by atoms with van der Waals surface area (Å²) in [4.78, 5) is 13.2. The maximum Gasteiger partial charge on any atom is 0.249 e. The molecule has 0 bridgehead atoms. The van der Waals surface area contributed by atoms with E-state index in [-0.39, 0.29) is 38.5 Å². The first-order chi connectivity index (χ1) is 14.9. The highest BCUT2D eigenvalue weighted by Crippen LogP contribution is 2.23. The van der Waals surface area contributed by atoms with E-state index in [1.165, 1.54) is 11.0 Å². The average Bonchev–Trinajstić information content (AvgIpc) is 3.29. The number of carbonyl (C=O) groups is 1.